The van der Waals surface area contributed by atoms with E-state index in [4.69, 9.17) is 0 Å². The second kappa shape index (κ2) is 7.25. The minimum Gasteiger partial charge on any atom is -0.343 e. The third-order valence-electron chi connectivity index (χ3n) is 4.26. The van der Waals surface area contributed by atoms with Gasteiger partial charge in [-0.25, -0.2) is 4.39 Å². The molecular weight excluding hydrogens is 307 g/mol. The first kappa shape index (κ1) is 16.2. The number of carbonyl (C=O) groups is 2. The summed E-state index contributed by atoms with van der Waals surface area (Å²) in [5, 5.41) is 2.61. The first-order chi connectivity index (χ1) is 11.6. The quantitative estimate of drug-likeness (QED) is 0.939. The van der Waals surface area contributed by atoms with Crippen LogP contribution in [0.5, 0.6) is 0 Å². The Labute approximate surface area is 140 Å². The van der Waals surface area contributed by atoms with Crippen molar-refractivity contribution in [2.24, 2.45) is 0 Å². The van der Waals surface area contributed by atoms with Gasteiger partial charge in [-0.05, 0) is 42.7 Å². The van der Waals surface area contributed by atoms with Crippen molar-refractivity contribution in [1.29, 1.82) is 0 Å². The van der Waals surface area contributed by atoms with E-state index in [9.17, 15) is 14.0 Å². The fourth-order valence-electron chi connectivity index (χ4n) is 3.05. The molecule has 3 rings (SSSR count). The Morgan fingerprint density at radius 3 is 2.50 bits per heavy atom. The van der Waals surface area contributed by atoms with Gasteiger partial charge in [0.25, 0.3) is 5.91 Å². The second-order valence-corrected chi connectivity index (χ2v) is 5.85. The van der Waals surface area contributed by atoms with E-state index >= 15 is 0 Å². The molecule has 1 atom stereocenters. The fourth-order valence-corrected chi connectivity index (χ4v) is 3.05. The summed E-state index contributed by atoms with van der Waals surface area (Å²) in [6, 6.07) is 15.2. The van der Waals surface area contributed by atoms with Crippen LogP contribution in [0.1, 0.15) is 34.8 Å². The molecule has 124 valence electrons. The molecule has 1 heterocycles. The third-order valence-corrected chi connectivity index (χ3v) is 4.26. The summed E-state index contributed by atoms with van der Waals surface area (Å²) in [6.07, 6.45) is 1.89. The minimum absolute atomic E-state index is 0.0560. The van der Waals surface area contributed by atoms with Crippen LogP contribution in [0.25, 0.3) is 0 Å². The molecule has 24 heavy (non-hydrogen) atoms. The maximum Gasteiger partial charge on any atom is 0.251 e. The predicted octanol–water partition coefficient (Wildman–Crippen LogP) is 2.92. The monoisotopic (exact) mass is 326 g/mol. The molecule has 1 fully saturated rings. The number of amides is 2. The molecule has 0 radical (unpaired) electrons. The van der Waals surface area contributed by atoms with Crippen LogP contribution in [-0.4, -0.2) is 29.8 Å². The van der Waals surface area contributed by atoms with E-state index in [-0.39, 0.29) is 24.4 Å². The molecule has 4 nitrogen and oxygen atoms in total. The Hall–Kier alpha value is -2.69. The van der Waals surface area contributed by atoms with Crippen LogP contribution in [0.2, 0.25) is 0 Å². The molecule has 1 saturated heterocycles. The number of nitrogens with one attached hydrogen (secondary N) is 1. The molecule has 2 aromatic rings. The third kappa shape index (κ3) is 3.62. The van der Waals surface area contributed by atoms with E-state index in [1.807, 2.05) is 35.2 Å². The Morgan fingerprint density at radius 1 is 1.08 bits per heavy atom. The van der Waals surface area contributed by atoms with Crippen molar-refractivity contribution in [2.75, 3.05) is 13.1 Å². The van der Waals surface area contributed by atoms with Gasteiger partial charge in [0, 0.05) is 12.1 Å². The van der Waals surface area contributed by atoms with Crippen molar-refractivity contribution in [3.8, 4) is 0 Å². The number of benzene rings is 2. The zero-order valence-corrected chi connectivity index (χ0v) is 13.2. The lowest BCUT2D eigenvalue weighted by Crippen LogP contribution is -2.39. The van der Waals surface area contributed by atoms with Gasteiger partial charge in [0.2, 0.25) is 5.91 Å². The van der Waals surface area contributed by atoms with Crippen molar-refractivity contribution in [2.45, 2.75) is 18.9 Å². The number of hydrogen-bond donors (Lipinski definition) is 1. The van der Waals surface area contributed by atoms with Crippen LogP contribution in [0.4, 0.5) is 4.39 Å². The van der Waals surface area contributed by atoms with E-state index in [2.05, 4.69) is 5.32 Å². The first-order valence-corrected chi connectivity index (χ1v) is 8.03. The zero-order chi connectivity index (χ0) is 16.9. The summed E-state index contributed by atoms with van der Waals surface area (Å²) in [5.74, 6) is -0.874. The number of halogens is 1. The molecule has 0 saturated carbocycles. The zero-order valence-electron chi connectivity index (χ0n) is 13.2. The van der Waals surface area contributed by atoms with Gasteiger partial charge in [-0.1, -0.05) is 30.3 Å². The van der Waals surface area contributed by atoms with Gasteiger partial charge in [0.1, 0.15) is 5.82 Å². The highest BCUT2D eigenvalue weighted by Gasteiger charge is 2.29. The molecule has 5 heteroatoms. The van der Waals surface area contributed by atoms with Crippen LogP contribution in [0.15, 0.2) is 54.6 Å². The maximum absolute atomic E-state index is 12.9. The lowest BCUT2D eigenvalue weighted by molar-refractivity contribution is -0.131. The van der Waals surface area contributed by atoms with Gasteiger partial charge in [0.15, 0.2) is 0 Å². The van der Waals surface area contributed by atoms with E-state index in [1.54, 1.807) is 0 Å². The van der Waals surface area contributed by atoms with Crippen molar-refractivity contribution >= 4 is 11.8 Å². The summed E-state index contributed by atoms with van der Waals surface area (Å²) in [6.45, 7) is 0.643. The van der Waals surface area contributed by atoms with Crippen LogP contribution in [-0.2, 0) is 4.79 Å². The van der Waals surface area contributed by atoms with Crippen molar-refractivity contribution in [3.63, 3.8) is 0 Å². The molecule has 0 bridgehead atoms. The Bertz CT molecular complexity index is 716. The highest BCUT2D eigenvalue weighted by Crippen LogP contribution is 2.31. The molecule has 2 aromatic carbocycles. The van der Waals surface area contributed by atoms with Crippen molar-refractivity contribution in [3.05, 3.63) is 71.5 Å². The highest BCUT2D eigenvalue weighted by molar-refractivity contribution is 5.96. The molecule has 0 aromatic heterocycles. The van der Waals surface area contributed by atoms with Crippen LogP contribution < -0.4 is 5.32 Å². The maximum atomic E-state index is 12.9. The molecule has 1 N–H and O–H groups in total. The molecule has 2 amide bonds. The second-order valence-electron chi connectivity index (χ2n) is 5.85. The van der Waals surface area contributed by atoms with E-state index in [1.165, 1.54) is 24.3 Å². The standard InChI is InChI=1S/C19H19FN2O2/c20-16-10-8-15(9-11-16)19(24)21-13-18(23)22-12-4-7-17(22)14-5-2-1-3-6-14/h1-3,5-6,8-11,17H,4,7,12-13H2,(H,21,24)/t17-/m1/s1. The molecule has 1 aliphatic heterocycles. The summed E-state index contributed by atoms with van der Waals surface area (Å²) in [5.41, 5.74) is 1.46. The highest BCUT2D eigenvalue weighted by atomic mass is 19.1. The molecular formula is C19H19FN2O2. The summed E-state index contributed by atoms with van der Waals surface area (Å²) < 4.78 is 12.9. The number of likely N-dealkylation sites (tertiary alicyclic amines) is 1. The normalized spacial score (nSPS) is 16.9. The molecule has 0 spiro atoms. The van der Waals surface area contributed by atoms with Crippen LogP contribution in [0, 0.1) is 5.82 Å². The van der Waals surface area contributed by atoms with Gasteiger partial charge >= 0.3 is 0 Å². The number of rotatable bonds is 4. The van der Waals surface area contributed by atoms with E-state index < -0.39 is 5.82 Å². The summed E-state index contributed by atoms with van der Waals surface area (Å²) in [7, 11) is 0. The average Bonchev–Trinajstić information content (AvgIpc) is 3.10. The Kier molecular flexibility index (Phi) is 4.89. The van der Waals surface area contributed by atoms with Crippen molar-refractivity contribution < 1.29 is 14.0 Å². The SMILES string of the molecule is O=C(NCC(=O)N1CCC[C@@H]1c1ccccc1)c1ccc(F)cc1. The lowest BCUT2D eigenvalue weighted by Gasteiger charge is -2.25. The van der Waals surface area contributed by atoms with E-state index in [0.717, 1.165) is 18.4 Å². The molecule has 1 aliphatic rings. The average molecular weight is 326 g/mol. The fraction of sp³-hybridized carbons (Fsp3) is 0.263. The predicted molar refractivity (Wildman–Crippen MR) is 88.9 cm³/mol. The summed E-state index contributed by atoms with van der Waals surface area (Å²) >= 11 is 0. The first-order valence-electron chi connectivity index (χ1n) is 8.03. The van der Waals surface area contributed by atoms with Crippen molar-refractivity contribution in [1.82, 2.24) is 10.2 Å². The molecule has 0 aliphatic carbocycles. The minimum atomic E-state index is -0.398. The number of carbonyl (C=O) groups excluding carboxylic acids is 2. The molecule has 0 unspecified atom stereocenters. The van der Waals surface area contributed by atoms with Gasteiger partial charge in [-0.15, -0.1) is 0 Å². The van der Waals surface area contributed by atoms with Gasteiger partial charge in [-0.3, -0.25) is 9.59 Å². The lowest BCUT2D eigenvalue weighted by atomic mass is 10.0. The summed E-state index contributed by atoms with van der Waals surface area (Å²) in [4.78, 5) is 26.3. The van der Waals surface area contributed by atoms with Gasteiger partial charge in [0.05, 0.1) is 12.6 Å². The topological polar surface area (TPSA) is 49.4 Å². The largest absolute Gasteiger partial charge is 0.343 e. The van der Waals surface area contributed by atoms with Gasteiger partial charge in [-0.2, -0.15) is 0 Å². The number of hydrogen-bond acceptors (Lipinski definition) is 2. The van der Waals surface area contributed by atoms with E-state index in [0.29, 0.717) is 12.1 Å². The van der Waals surface area contributed by atoms with Gasteiger partial charge < -0.3 is 10.2 Å². The number of nitrogens with zero attached hydrogens (tertiary/aromatic N) is 1. The smallest absolute Gasteiger partial charge is 0.251 e. The Morgan fingerprint density at radius 2 is 1.79 bits per heavy atom. The van der Waals surface area contributed by atoms with Crippen LogP contribution in [0.3, 0.4) is 0 Å². The van der Waals surface area contributed by atoms with Crippen LogP contribution >= 0.6 is 0 Å². The Balaban J connectivity index is 1.60.